The van der Waals surface area contributed by atoms with Gasteiger partial charge in [-0.15, -0.1) is 11.3 Å². The molecule has 0 bridgehead atoms. The van der Waals surface area contributed by atoms with Crippen molar-refractivity contribution in [3.8, 4) is 0 Å². The Morgan fingerprint density at radius 1 is 1.29 bits per heavy atom. The Labute approximate surface area is 131 Å². The summed E-state index contributed by atoms with van der Waals surface area (Å²) >= 11 is 1.76. The molecule has 3 nitrogen and oxygen atoms in total. The van der Waals surface area contributed by atoms with E-state index in [9.17, 15) is 4.79 Å². The predicted molar refractivity (Wildman–Crippen MR) is 87.6 cm³/mol. The molecule has 1 amide bonds. The third-order valence-electron chi connectivity index (χ3n) is 5.05. The van der Waals surface area contributed by atoms with Crippen LogP contribution >= 0.6 is 11.3 Å². The van der Waals surface area contributed by atoms with Gasteiger partial charge in [-0.25, -0.2) is 0 Å². The number of carbonyl (C=O) groups excluding carboxylic acids is 1. The van der Waals surface area contributed by atoms with Crippen LogP contribution in [0, 0.1) is 0 Å². The van der Waals surface area contributed by atoms with Crippen LogP contribution in [0.4, 0.5) is 0 Å². The second-order valence-electron chi connectivity index (χ2n) is 6.21. The third-order valence-corrected chi connectivity index (χ3v) is 5.99. The molecule has 2 aliphatic rings. The van der Waals surface area contributed by atoms with E-state index >= 15 is 0 Å². The summed E-state index contributed by atoms with van der Waals surface area (Å²) < 4.78 is 0. The van der Waals surface area contributed by atoms with Gasteiger partial charge in [0.05, 0.1) is 0 Å². The van der Waals surface area contributed by atoms with Gasteiger partial charge < -0.3 is 4.90 Å². The molecule has 116 valence electrons. The number of thiophene rings is 1. The Kier molecular flexibility index (Phi) is 4.96. The normalized spacial score (nSPS) is 26.6. The molecule has 0 saturated carbocycles. The van der Waals surface area contributed by atoms with E-state index in [2.05, 4.69) is 34.2 Å². The lowest BCUT2D eigenvalue weighted by molar-refractivity contribution is -0.133. The summed E-state index contributed by atoms with van der Waals surface area (Å²) in [5, 5.41) is 2.09. The molecule has 21 heavy (non-hydrogen) atoms. The molecule has 3 heterocycles. The number of rotatable bonds is 5. The third kappa shape index (κ3) is 3.32. The molecule has 4 heteroatoms. The molecule has 2 atom stereocenters. The summed E-state index contributed by atoms with van der Waals surface area (Å²) in [7, 11) is 0. The number of aryl methyl sites for hydroxylation is 1. The maximum atomic E-state index is 12.6. The largest absolute Gasteiger partial charge is 0.338 e. The van der Waals surface area contributed by atoms with Gasteiger partial charge in [0, 0.05) is 29.9 Å². The van der Waals surface area contributed by atoms with Crippen LogP contribution in [0.1, 0.15) is 43.9 Å². The number of amides is 1. The van der Waals surface area contributed by atoms with Crippen LogP contribution in [-0.4, -0.2) is 47.4 Å². The molecule has 0 unspecified atom stereocenters. The van der Waals surface area contributed by atoms with E-state index in [-0.39, 0.29) is 0 Å². The number of hydrogen-bond acceptors (Lipinski definition) is 3. The van der Waals surface area contributed by atoms with Crippen molar-refractivity contribution in [3.05, 3.63) is 22.4 Å². The van der Waals surface area contributed by atoms with Crippen molar-refractivity contribution >= 4 is 17.2 Å². The fourth-order valence-electron chi connectivity index (χ4n) is 4.01. The fraction of sp³-hybridized carbons (Fsp3) is 0.706. The number of nitrogens with zero attached hydrogens (tertiary/aromatic N) is 2. The van der Waals surface area contributed by atoms with E-state index in [1.165, 1.54) is 37.1 Å². The van der Waals surface area contributed by atoms with Crippen molar-refractivity contribution in [1.82, 2.24) is 9.80 Å². The van der Waals surface area contributed by atoms with E-state index in [0.717, 1.165) is 19.5 Å². The molecule has 0 N–H and O–H groups in total. The SMILES string of the molecule is CCN1CCC[C@@H]1[C@@H]1CCCN1C(=O)CCc1cccs1. The van der Waals surface area contributed by atoms with Crippen LogP contribution in [0.15, 0.2) is 17.5 Å². The van der Waals surface area contributed by atoms with E-state index in [0.29, 0.717) is 24.4 Å². The number of likely N-dealkylation sites (tertiary alicyclic amines) is 2. The zero-order valence-electron chi connectivity index (χ0n) is 13.0. The molecule has 1 aromatic heterocycles. The van der Waals surface area contributed by atoms with Gasteiger partial charge in [0.15, 0.2) is 0 Å². The molecule has 0 radical (unpaired) electrons. The summed E-state index contributed by atoms with van der Waals surface area (Å²) in [6.45, 7) is 5.56. The van der Waals surface area contributed by atoms with E-state index in [1.807, 2.05) is 0 Å². The fourth-order valence-corrected chi connectivity index (χ4v) is 4.72. The molecule has 2 saturated heterocycles. The first-order valence-corrected chi connectivity index (χ1v) is 9.23. The Balaban J connectivity index is 1.59. The monoisotopic (exact) mass is 306 g/mol. The van der Waals surface area contributed by atoms with Crippen molar-refractivity contribution in [2.75, 3.05) is 19.6 Å². The number of carbonyl (C=O) groups is 1. The average molecular weight is 306 g/mol. The van der Waals surface area contributed by atoms with Crippen LogP contribution in [0.5, 0.6) is 0 Å². The van der Waals surface area contributed by atoms with Crippen molar-refractivity contribution < 1.29 is 4.79 Å². The topological polar surface area (TPSA) is 23.6 Å². The molecule has 2 fully saturated rings. The van der Waals surface area contributed by atoms with Gasteiger partial charge in [-0.2, -0.15) is 0 Å². The molecule has 0 aromatic carbocycles. The molecular formula is C17H26N2OS. The molecule has 3 rings (SSSR count). The van der Waals surface area contributed by atoms with Crippen LogP contribution in [-0.2, 0) is 11.2 Å². The van der Waals surface area contributed by atoms with Gasteiger partial charge in [0.25, 0.3) is 0 Å². The van der Waals surface area contributed by atoms with Gasteiger partial charge in [-0.05, 0) is 56.6 Å². The van der Waals surface area contributed by atoms with Gasteiger partial charge >= 0.3 is 0 Å². The van der Waals surface area contributed by atoms with E-state index in [4.69, 9.17) is 0 Å². The second kappa shape index (κ2) is 6.93. The highest BCUT2D eigenvalue weighted by atomic mass is 32.1. The van der Waals surface area contributed by atoms with Crippen molar-refractivity contribution in [2.45, 2.75) is 57.5 Å². The second-order valence-corrected chi connectivity index (χ2v) is 7.25. The minimum absolute atomic E-state index is 0.369. The molecular weight excluding hydrogens is 280 g/mol. The predicted octanol–water partition coefficient (Wildman–Crippen LogP) is 3.16. The average Bonchev–Trinajstić information content (AvgIpc) is 3.23. The standard InChI is InChI=1S/C17H26N2OS/c1-2-18-11-3-7-15(18)16-8-4-12-19(16)17(20)10-9-14-6-5-13-21-14/h5-6,13,15-16H,2-4,7-12H2,1H3/t15-,16+/m1/s1. The van der Waals surface area contributed by atoms with Gasteiger partial charge in [0.2, 0.25) is 5.91 Å². The van der Waals surface area contributed by atoms with Crippen LogP contribution < -0.4 is 0 Å². The molecule has 0 aliphatic carbocycles. The molecule has 0 spiro atoms. The molecule has 2 aliphatic heterocycles. The van der Waals surface area contributed by atoms with E-state index < -0.39 is 0 Å². The number of hydrogen-bond donors (Lipinski definition) is 0. The molecule has 1 aromatic rings. The quantitative estimate of drug-likeness (QED) is 0.834. The highest BCUT2D eigenvalue weighted by Gasteiger charge is 2.38. The summed E-state index contributed by atoms with van der Waals surface area (Å²) in [6.07, 6.45) is 6.53. The van der Waals surface area contributed by atoms with Crippen LogP contribution in [0.25, 0.3) is 0 Å². The lowest BCUT2D eigenvalue weighted by atomic mass is 10.0. The Hall–Kier alpha value is -0.870. The summed E-state index contributed by atoms with van der Waals surface area (Å²) in [4.78, 5) is 18.7. The Morgan fingerprint density at radius 3 is 2.86 bits per heavy atom. The lowest BCUT2D eigenvalue weighted by Gasteiger charge is -2.34. The van der Waals surface area contributed by atoms with Gasteiger partial charge in [-0.3, -0.25) is 9.69 Å². The maximum Gasteiger partial charge on any atom is 0.223 e. The summed E-state index contributed by atoms with van der Waals surface area (Å²) in [6, 6.07) is 5.29. The summed E-state index contributed by atoms with van der Waals surface area (Å²) in [5.41, 5.74) is 0. The Morgan fingerprint density at radius 2 is 2.10 bits per heavy atom. The minimum atomic E-state index is 0.369. The van der Waals surface area contributed by atoms with E-state index in [1.54, 1.807) is 11.3 Å². The van der Waals surface area contributed by atoms with Gasteiger partial charge in [-0.1, -0.05) is 13.0 Å². The first-order valence-electron chi connectivity index (χ1n) is 8.35. The minimum Gasteiger partial charge on any atom is -0.338 e. The van der Waals surface area contributed by atoms with Crippen molar-refractivity contribution in [3.63, 3.8) is 0 Å². The zero-order chi connectivity index (χ0) is 14.7. The summed E-state index contributed by atoms with van der Waals surface area (Å²) in [5.74, 6) is 0.369. The Bertz CT molecular complexity index is 459. The van der Waals surface area contributed by atoms with Crippen LogP contribution in [0.3, 0.4) is 0 Å². The first-order chi connectivity index (χ1) is 10.3. The van der Waals surface area contributed by atoms with Crippen LogP contribution in [0.2, 0.25) is 0 Å². The smallest absolute Gasteiger partial charge is 0.223 e. The van der Waals surface area contributed by atoms with Crippen molar-refractivity contribution in [1.29, 1.82) is 0 Å². The van der Waals surface area contributed by atoms with Crippen molar-refractivity contribution in [2.24, 2.45) is 0 Å². The lowest BCUT2D eigenvalue weighted by Crippen LogP contribution is -2.48. The maximum absolute atomic E-state index is 12.6. The highest BCUT2D eigenvalue weighted by Crippen LogP contribution is 2.30. The highest BCUT2D eigenvalue weighted by molar-refractivity contribution is 7.09. The number of likely N-dealkylation sites (N-methyl/N-ethyl adjacent to an activating group) is 1. The first kappa shape index (κ1) is 15.0. The zero-order valence-corrected chi connectivity index (χ0v) is 13.8. The van der Waals surface area contributed by atoms with Gasteiger partial charge in [0.1, 0.15) is 0 Å².